The summed E-state index contributed by atoms with van der Waals surface area (Å²) >= 11 is 9.41. The van der Waals surface area contributed by atoms with Crippen molar-refractivity contribution in [1.82, 2.24) is 0 Å². The van der Waals surface area contributed by atoms with Crippen molar-refractivity contribution in [2.75, 3.05) is 11.9 Å². The van der Waals surface area contributed by atoms with Crippen LogP contribution in [-0.2, 0) is 6.54 Å². The maximum absolute atomic E-state index is 6.05. The molecule has 0 fully saturated rings. The highest BCUT2D eigenvalue weighted by Gasteiger charge is 2.00. The van der Waals surface area contributed by atoms with Gasteiger partial charge in [-0.2, -0.15) is 0 Å². The predicted molar refractivity (Wildman–Crippen MR) is 87.2 cm³/mol. The zero-order chi connectivity index (χ0) is 14.4. The van der Waals surface area contributed by atoms with E-state index in [1.165, 1.54) is 0 Å². The number of terminal acetylenes is 1. The molecule has 0 aromatic heterocycles. The van der Waals surface area contributed by atoms with Gasteiger partial charge in [-0.1, -0.05) is 29.7 Å². The molecular weight excluding hydrogens is 338 g/mol. The zero-order valence-electron chi connectivity index (χ0n) is 10.7. The fraction of sp³-hybridized carbons (Fsp3) is 0.125. The lowest BCUT2D eigenvalue weighted by atomic mass is 10.2. The SMILES string of the molecule is C#CCOc1ccc(CNc2ccc(Br)c(Cl)c2)cc1. The average molecular weight is 351 g/mol. The van der Waals surface area contributed by atoms with Crippen LogP contribution in [0, 0.1) is 12.3 Å². The van der Waals surface area contributed by atoms with Crippen molar-refractivity contribution in [2.45, 2.75) is 6.54 Å². The number of rotatable bonds is 5. The van der Waals surface area contributed by atoms with Crippen LogP contribution in [0.25, 0.3) is 0 Å². The van der Waals surface area contributed by atoms with Crippen LogP contribution in [0.2, 0.25) is 5.02 Å². The van der Waals surface area contributed by atoms with Crippen molar-refractivity contribution in [2.24, 2.45) is 0 Å². The molecule has 1 N–H and O–H groups in total. The first-order chi connectivity index (χ1) is 9.69. The van der Waals surface area contributed by atoms with E-state index >= 15 is 0 Å². The topological polar surface area (TPSA) is 21.3 Å². The first-order valence-electron chi connectivity index (χ1n) is 6.03. The van der Waals surface area contributed by atoms with E-state index in [1.54, 1.807) is 0 Å². The third kappa shape index (κ3) is 4.19. The molecule has 0 heterocycles. The van der Waals surface area contributed by atoms with Gasteiger partial charge in [-0.3, -0.25) is 0 Å². The Bertz CT molecular complexity index is 619. The van der Waals surface area contributed by atoms with Crippen LogP contribution >= 0.6 is 27.5 Å². The molecule has 0 spiro atoms. The Morgan fingerprint density at radius 3 is 2.60 bits per heavy atom. The van der Waals surface area contributed by atoms with Gasteiger partial charge in [0.1, 0.15) is 12.4 Å². The number of hydrogen-bond acceptors (Lipinski definition) is 2. The summed E-state index contributed by atoms with van der Waals surface area (Å²) in [5.74, 6) is 3.21. The third-order valence-corrected chi connectivity index (χ3v) is 3.89. The number of hydrogen-bond donors (Lipinski definition) is 1. The van der Waals surface area contributed by atoms with Crippen LogP contribution in [0.3, 0.4) is 0 Å². The average Bonchev–Trinajstić information content (AvgIpc) is 2.47. The monoisotopic (exact) mass is 349 g/mol. The van der Waals surface area contributed by atoms with Crippen molar-refractivity contribution < 1.29 is 4.74 Å². The molecule has 2 aromatic rings. The largest absolute Gasteiger partial charge is 0.481 e. The van der Waals surface area contributed by atoms with Gasteiger partial charge < -0.3 is 10.1 Å². The predicted octanol–water partition coefficient (Wildman–Crippen LogP) is 4.73. The van der Waals surface area contributed by atoms with E-state index in [9.17, 15) is 0 Å². The van der Waals surface area contributed by atoms with Crippen LogP contribution in [0.5, 0.6) is 5.75 Å². The quantitative estimate of drug-likeness (QED) is 0.787. The number of benzene rings is 2. The summed E-state index contributed by atoms with van der Waals surface area (Å²) in [6.45, 7) is 1.00. The van der Waals surface area contributed by atoms with Gasteiger partial charge in [0.25, 0.3) is 0 Å². The second-order valence-electron chi connectivity index (χ2n) is 4.12. The molecule has 2 aromatic carbocycles. The molecule has 0 amide bonds. The van der Waals surface area contributed by atoms with Crippen molar-refractivity contribution in [1.29, 1.82) is 0 Å². The van der Waals surface area contributed by atoms with Crippen LogP contribution < -0.4 is 10.1 Å². The van der Waals surface area contributed by atoms with Crippen molar-refractivity contribution in [3.63, 3.8) is 0 Å². The van der Waals surface area contributed by atoms with Crippen molar-refractivity contribution in [3.8, 4) is 18.1 Å². The Kier molecular flexibility index (Phi) is 5.34. The molecule has 0 aliphatic heterocycles. The van der Waals surface area contributed by atoms with Crippen molar-refractivity contribution >= 4 is 33.2 Å². The van der Waals surface area contributed by atoms with Gasteiger partial charge in [0.2, 0.25) is 0 Å². The van der Waals surface area contributed by atoms with Crippen LogP contribution in [-0.4, -0.2) is 6.61 Å². The van der Waals surface area contributed by atoms with Gasteiger partial charge in [-0.05, 0) is 51.8 Å². The summed E-state index contributed by atoms with van der Waals surface area (Å²) in [7, 11) is 0. The molecule has 0 aliphatic rings. The van der Waals surface area contributed by atoms with Gasteiger partial charge in [-0.25, -0.2) is 0 Å². The summed E-state index contributed by atoms with van der Waals surface area (Å²) in [5.41, 5.74) is 2.13. The zero-order valence-corrected chi connectivity index (χ0v) is 13.0. The summed E-state index contributed by atoms with van der Waals surface area (Å²) in [4.78, 5) is 0. The molecule has 0 radical (unpaired) electrons. The number of halogens is 2. The normalized spacial score (nSPS) is 9.85. The molecule has 0 saturated carbocycles. The van der Waals surface area contributed by atoms with E-state index in [4.69, 9.17) is 22.8 Å². The highest BCUT2D eigenvalue weighted by atomic mass is 79.9. The summed E-state index contributed by atoms with van der Waals surface area (Å²) in [6.07, 6.45) is 5.14. The Morgan fingerprint density at radius 1 is 1.20 bits per heavy atom. The Hall–Kier alpha value is -1.63. The summed E-state index contributed by atoms with van der Waals surface area (Å²) < 4.78 is 6.21. The molecule has 2 nitrogen and oxygen atoms in total. The molecule has 102 valence electrons. The first-order valence-corrected chi connectivity index (χ1v) is 7.20. The molecule has 4 heteroatoms. The van der Waals surface area contributed by atoms with Gasteiger partial charge in [-0.15, -0.1) is 6.42 Å². The van der Waals surface area contributed by atoms with Crippen LogP contribution in [0.15, 0.2) is 46.9 Å². The minimum absolute atomic E-state index is 0.287. The van der Waals surface area contributed by atoms with Crippen LogP contribution in [0.1, 0.15) is 5.56 Å². The Morgan fingerprint density at radius 2 is 1.95 bits per heavy atom. The summed E-state index contributed by atoms with van der Waals surface area (Å²) in [5, 5.41) is 4.00. The van der Waals surface area contributed by atoms with Gasteiger partial charge in [0.15, 0.2) is 0 Å². The molecule has 0 unspecified atom stereocenters. The number of ether oxygens (including phenoxy) is 1. The first kappa shape index (κ1) is 14.8. The lowest BCUT2D eigenvalue weighted by molar-refractivity contribution is 0.370. The second kappa shape index (κ2) is 7.23. The summed E-state index contributed by atoms with van der Waals surface area (Å²) in [6, 6.07) is 13.6. The molecule has 20 heavy (non-hydrogen) atoms. The van der Waals surface area contributed by atoms with Crippen molar-refractivity contribution in [3.05, 3.63) is 57.5 Å². The van der Waals surface area contributed by atoms with E-state index in [-0.39, 0.29) is 6.61 Å². The molecular formula is C16H13BrClNO. The van der Waals surface area contributed by atoms with E-state index in [0.29, 0.717) is 11.6 Å². The maximum Gasteiger partial charge on any atom is 0.148 e. The van der Waals surface area contributed by atoms with Gasteiger partial charge in [0.05, 0.1) is 5.02 Å². The maximum atomic E-state index is 6.05. The highest BCUT2D eigenvalue weighted by Crippen LogP contribution is 2.25. The minimum atomic E-state index is 0.287. The van der Waals surface area contributed by atoms with Gasteiger partial charge >= 0.3 is 0 Å². The van der Waals surface area contributed by atoms with Crippen LogP contribution in [0.4, 0.5) is 5.69 Å². The standard InChI is InChI=1S/C16H13BrClNO/c1-2-9-20-14-6-3-12(4-7-14)11-19-13-5-8-15(17)16(18)10-13/h1,3-8,10,19H,9,11H2. The number of nitrogens with one attached hydrogen (secondary N) is 1. The molecule has 0 aliphatic carbocycles. The minimum Gasteiger partial charge on any atom is -0.481 e. The van der Waals surface area contributed by atoms with E-state index in [1.807, 2.05) is 42.5 Å². The fourth-order valence-corrected chi connectivity index (χ4v) is 2.07. The van der Waals surface area contributed by atoms with E-state index in [0.717, 1.165) is 21.5 Å². The number of anilines is 1. The molecule has 0 bridgehead atoms. The fourth-order valence-electron chi connectivity index (χ4n) is 1.64. The Labute approximate surface area is 132 Å². The second-order valence-corrected chi connectivity index (χ2v) is 5.38. The molecule has 0 atom stereocenters. The van der Waals surface area contributed by atoms with E-state index < -0.39 is 0 Å². The smallest absolute Gasteiger partial charge is 0.148 e. The molecule has 2 rings (SSSR count). The lowest BCUT2D eigenvalue weighted by Crippen LogP contribution is -1.99. The van der Waals surface area contributed by atoms with E-state index in [2.05, 4.69) is 27.2 Å². The third-order valence-electron chi connectivity index (χ3n) is 2.66. The highest BCUT2D eigenvalue weighted by molar-refractivity contribution is 9.10. The van der Waals surface area contributed by atoms with Gasteiger partial charge in [0, 0.05) is 16.7 Å². The lowest BCUT2D eigenvalue weighted by Gasteiger charge is -2.08. The Balaban J connectivity index is 1.93. The molecule has 0 saturated heterocycles.